The molecule has 0 spiro atoms. The molecule has 116 valence electrons. The van der Waals surface area contributed by atoms with Crippen molar-refractivity contribution in [3.05, 3.63) is 24.3 Å². The van der Waals surface area contributed by atoms with E-state index in [1.807, 2.05) is 43.3 Å². The van der Waals surface area contributed by atoms with Gasteiger partial charge in [0.2, 0.25) is 0 Å². The zero-order valence-corrected chi connectivity index (χ0v) is 13.4. The van der Waals surface area contributed by atoms with E-state index in [-0.39, 0.29) is 23.6 Å². The van der Waals surface area contributed by atoms with Gasteiger partial charge in [0.15, 0.2) is 9.84 Å². The summed E-state index contributed by atoms with van der Waals surface area (Å²) in [5.41, 5.74) is 1.74. The number of hydrogen-bond donors (Lipinski definition) is 1. The number of carbonyl (C=O) groups excluding carboxylic acids is 1. The van der Waals surface area contributed by atoms with Gasteiger partial charge in [0.05, 0.1) is 11.5 Å². The van der Waals surface area contributed by atoms with Crippen molar-refractivity contribution >= 4 is 27.2 Å². The number of anilines is 2. The van der Waals surface area contributed by atoms with Crippen LogP contribution < -0.4 is 10.2 Å². The minimum Gasteiger partial charge on any atom is -0.378 e. The molecule has 6 nitrogen and oxygen atoms in total. The van der Waals surface area contributed by atoms with E-state index < -0.39 is 9.84 Å². The molecule has 0 aromatic heterocycles. The van der Waals surface area contributed by atoms with Gasteiger partial charge in [-0.2, -0.15) is 0 Å². The average molecular weight is 311 g/mol. The molecule has 1 N–H and O–H groups in total. The van der Waals surface area contributed by atoms with Crippen LogP contribution in [0.25, 0.3) is 0 Å². The molecule has 7 heteroatoms. The van der Waals surface area contributed by atoms with E-state index in [0.717, 1.165) is 5.69 Å². The van der Waals surface area contributed by atoms with Crippen molar-refractivity contribution in [3.63, 3.8) is 0 Å². The Labute approximate surface area is 125 Å². The molecule has 2 amide bonds. The van der Waals surface area contributed by atoms with E-state index in [4.69, 9.17) is 0 Å². The quantitative estimate of drug-likeness (QED) is 0.916. The molecule has 21 heavy (non-hydrogen) atoms. The molecule has 0 bridgehead atoms. The van der Waals surface area contributed by atoms with E-state index in [9.17, 15) is 13.2 Å². The first-order valence-corrected chi connectivity index (χ1v) is 8.62. The summed E-state index contributed by atoms with van der Waals surface area (Å²) in [6, 6.07) is 6.95. The van der Waals surface area contributed by atoms with Gasteiger partial charge in [-0.1, -0.05) is 0 Å². The number of carbonyl (C=O) groups is 1. The van der Waals surface area contributed by atoms with Crippen LogP contribution in [-0.2, 0) is 9.84 Å². The fraction of sp³-hybridized carbons (Fsp3) is 0.500. The number of nitrogens with zero attached hydrogens (tertiary/aromatic N) is 2. The Bertz CT molecular complexity index is 611. The number of benzene rings is 1. The van der Waals surface area contributed by atoms with Gasteiger partial charge in [-0.25, -0.2) is 13.2 Å². The van der Waals surface area contributed by atoms with E-state index in [1.165, 1.54) is 4.90 Å². The molecular weight excluding hydrogens is 290 g/mol. The maximum Gasteiger partial charge on any atom is 0.321 e. The van der Waals surface area contributed by atoms with E-state index in [0.29, 0.717) is 12.1 Å². The summed E-state index contributed by atoms with van der Waals surface area (Å²) in [6.07, 6.45) is 0.506. The first-order chi connectivity index (χ1) is 9.78. The summed E-state index contributed by atoms with van der Waals surface area (Å²) in [5.74, 6) is 0.212. The normalized spacial score (nSPS) is 20.0. The maximum absolute atomic E-state index is 12.1. The molecule has 2 rings (SSSR count). The third kappa shape index (κ3) is 3.87. The maximum atomic E-state index is 12.1. The predicted octanol–water partition coefficient (Wildman–Crippen LogP) is 1.40. The smallest absolute Gasteiger partial charge is 0.321 e. The Morgan fingerprint density at radius 3 is 2.29 bits per heavy atom. The van der Waals surface area contributed by atoms with Gasteiger partial charge in [-0.3, -0.25) is 0 Å². The zero-order chi connectivity index (χ0) is 15.6. The minimum atomic E-state index is -2.99. The second-order valence-electron chi connectivity index (χ2n) is 5.54. The highest BCUT2D eigenvalue weighted by Crippen LogP contribution is 2.19. The van der Waals surface area contributed by atoms with Crippen LogP contribution in [-0.4, -0.2) is 58.0 Å². The molecule has 1 aromatic rings. The summed E-state index contributed by atoms with van der Waals surface area (Å²) in [5, 5.41) is 2.79. The van der Waals surface area contributed by atoms with Crippen LogP contribution in [0.5, 0.6) is 0 Å². The highest BCUT2D eigenvalue weighted by Gasteiger charge is 2.32. The van der Waals surface area contributed by atoms with Crippen molar-refractivity contribution < 1.29 is 13.2 Å². The van der Waals surface area contributed by atoms with Crippen molar-refractivity contribution in [1.29, 1.82) is 0 Å². The van der Waals surface area contributed by atoms with Crippen LogP contribution in [0.3, 0.4) is 0 Å². The number of hydrogen-bond acceptors (Lipinski definition) is 4. The first kappa shape index (κ1) is 15.6. The Balaban J connectivity index is 1.98. The lowest BCUT2D eigenvalue weighted by Gasteiger charge is -2.23. The van der Waals surface area contributed by atoms with Crippen molar-refractivity contribution in [2.75, 3.05) is 42.9 Å². The second kappa shape index (κ2) is 5.93. The van der Waals surface area contributed by atoms with Crippen LogP contribution in [0, 0.1) is 0 Å². The number of amides is 2. The third-order valence-corrected chi connectivity index (χ3v) is 5.46. The molecule has 1 fully saturated rings. The first-order valence-electron chi connectivity index (χ1n) is 6.80. The van der Waals surface area contributed by atoms with Crippen molar-refractivity contribution in [2.24, 2.45) is 0 Å². The van der Waals surface area contributed by atoms with Gasteiger partial charge in [0.1, 0.15) is 0 Å². The monoisotopic (exact) mass is 311 g/mol. The number of rotatable bonds is 3. The van der Waals surface area contributed by atoms with Crippen molar-refractivity contribution in [2.45, 2.75) is 12.5 Å². The van der Waals surface area contributed by atoms with Crippen molar-refractivity contribution in [3.8, 4) is 0 Å². The highest BCUT2D eigenvalue weighted by atomic mass is 32.2. The molecule has 1 atom stereocenters. The molecule has 1 aliphatic heterocycles. The van der Waals surface area contributed by atoms with Gasteiger partial charge in [-0.05, 0) is 30.7 Å². The molecule has 1 heterocycles. The summed E-state index contributed by atoms with van der Waals surface area (Å²) in [4.78, 5) is 15.6. The molecule has 1 aromatic carbocycles. The number of sulfone groups is 1. The van der Waals surface area contributed by atoms with Gasteiger partial charge >= 0.3 is 6.03 Å². The fourth-order valence-corrected chi connectivity index (χ4v) is 4.08. The topological polar surface area (TPSA) is 69.7 Å². The largest absolute Gasteiger partial charge is 0.378 e. The summed E-state index contributed by atoms with van der Waals surface area (Å²) < 4.78 is 22.9. The van der Waals surface area contributed by atoms with Gasteiger partial charge in [0.25, 0.3) is 0 Å². The van der Waals surface area contributed by atoms with Crippen LogP contribution in [0.2, 0.25) is 0 Å². The molecule has 1 aliphatic rings. The summed E-state index contributed by atoms with van der Waals surface area (Å²) in [6.45, 7) is 0. The van der Waals surface area contributed by atoms with E-state index >= 15 is 0 Å². The SMILES string of the molecule is CN(C)c1ccc(NC(=O)N(C)C2CCS(=O)(=O)C2)cc1. The Hall–Kier alpha value is -1.76. The van der Waals surface area contributed by atoms with Gasteiger partial charge < -0.3 is 15.1 Å². The molecule has 1 unspecified atom stereocenters. The van der Waals surface area contributed by atoms with Gasteiger partial charge in [0, 0.05) is 38.6 Å². The lowest BCUT2D eigenvalue weighted by atomic mass is 10.2. The van der Waals surface area contributed by atoms with Crippen LogP contribution >= 0.6 is 0 Å². The highest BCUT2D eigenvalue weighted by molar-refractivity contribution is 7.91. The molecule has 0 saturated carbocycles. The lowest BCUT2D eigenvalue weighted by molar-refractivity contribution is 0.209. The number of nitrogens with one attached hydrogen (secondary N) is 1. The molecule has 0 aliphatic carbocycles. The van der Waals surface area contributed by atoms with Crippen molar-refractivity contribution in [1.82, 2.24) is 4.90 Å². The van der Waals surface area contributed by atoms with Crippen LogP contribution in [0.15, 0.2) is 24.3 Å². The second-order valence-corrected chi connectivity index (χ2v) is 7.77. The third-order valence-electron chi connectivity index (χ3n) is 3.71. The molecular formula is C14H21N3O3S. The lowest BCUT2D eigenvalue weighted by Crippen LogP contribution is -2.40. The average Bonchev–Trinajstić information content (AvgIpc) is 2.78. The minimum absolute atomic E-state index is 0.0521. The van der Waals surface area contributed by atoms with E-state index in [1.54, 1.807) is 7.05 Å². The zero-order valence-electron chi connectivity index (χ0n) is 12.5. The Morgan fingerprint density at radius 2 is 1.81 bits per heavy atom. The van der Waals surface area contributed by atoms with E-state index in [2.05, 4.69) is 5.32 Å². The standard InChI is InChI=1S/C14H21N3O3S/c1-16(2)12-6-4-11(5-7-12)15-14(18)17(3)13-8-9-21(19,20)10-13/h4-7,13H,8-10H2,1-3H3,(H,15,18). The fourth-order valence-electron chi connectivity index (χ4n) is 2.30. The summed E-state index contributed by atoms with van der Waals surface area (Å²) >= 11 is 0. The predicted molar refractivity (Wildman–Crippen MR) is 84.6 cm³/mol. The molecule has 0 radical (unpaired) electrons. The van der Waals surface area contributed by atoms with Gasteiger partial charge in [-0.15, -0.1) is 0 Å². The van der Waals surface area contributed by atoms with Crippen LogP contribution in [0.1, 0.15) is 6.42 Å². The Morgan fingerprint density at radius 1 is 1.19 bits per heavy atom. The summed E-state index contributed by atoms with van der Waals surface area (Å²) in [7, 11) is 2.54. The number of urea groups is 1. The Kier molecular flexibility index (Phi) is 4.41. The van der Waals surface area contributed by atoms with Crippen LogP contribution in [0.4, 0.5) is 16.2 Å². The molecule has 1 saturated heterocycles.